The predicted octanol–water partition coefficient (Wildman–Crippen LogP) is 6.14. The monoisotopic (exact) mass is 498 g/mol. The summed E-state index contributed by atoms with van der Waals surface area (Å²) in [7, 11) is 3.36. The molecule has 0 atom stereocenters. The van der Waals surface area contributed by atoms with Gasteiger partial charge in [0.25, 0.3) is 0 Å². The molecule has 0 amide bonds. The van der Waals surface area contributed by atoms with Gasteiger partial charge in [-0.15, -0.1) is 0 Å². The zero-order chi connectivity index (χ0) is 25.6. The highest BCUT2D eigenvalue weighted by molar-refractivity contribution is 5.87. The number of rotatable bonds is 10. The lowest BCUT2D eigenvalue weighted by molar-refractivity contribution is 0.197. The molecule has 6 nitrogen and oxygen atoms in total. The van der Waals surface area contributed by atoms with Crippen LogP contribution in [0.1, 0.15) is 24.5 Å². The Bertz CT molecular complexity index is 1350. The standard InChI is InChI=1S/C31H34N2O4/c1-4-16-36-25-11-9-22(10-12-25)28-20-29(26-7-5-6-8-27(26)32-28)37-17-15-33-14-13-23-18-30(34-2)31(35-3)19-24(23)21-33/h5-12,18-20H,4,13-17,21H2,1-3H3. The van der Waals surface area contributed by atoms with Gasteiger partial charge in [-0.3, -0.25) is 4.90 Å². The largest absolute Gasteiger partial charge is 0.494 e. The van der Waals surface area contributed by atoms with Crippen LogP contribution in [-0.4, -0.2) is 50.4 Å². The molecule has 1 aliphatic rings. The molecule has 3 aromatic carbocycles. The van der Waals surface area contributed by atoms with E-state index in [1.165, 1.54) is 11.1 Å². The number of pyridine rings is 1. The van der Waals surface area contributed by atoms with Gasteiger partial charge in [0.1, 0.15) is 18.1 Å². The molecular weight excluding hydrogens is 464 g/mol. The number of fused-ring (bicyclic) bond motifs is 2. The van der Waals surface area contributed by atoms with Crippen LogP contribution in [0, 0.1) is 0 Å². The molecule has 0 fully saturated rings. The molecule has 192 valence electrons. The Labute approximate surface area is 218 Å². The van der Waals surface area contributed by atoms with Crippen LogP contribution in [0.25, 0.3) is 22.2 Å². The third-order valence-electron chi connectivity index (χ3n) is 6.76. The number of methoxy groups -OCH3 is 2. The Kier molecular flexibility index (Phi) is 7.76. The molecule has 0 radical (unpaired) electrons. The summed E-state index contributed by atoms with van der Waals surface area (Å²) < 4.78 is 23.1. The molecule has 5 rings (SSSR count). The van der Waals surface area contributed by atoms with Crippen LogP contribution in [0.2, 0.25) is 0 Å². The first-order valence-corrected chi connectivity index (χ1v) is 12.9. The van der Waals surface area contributed by atoms with E-state index >= 15 is 0 Å². The Hall–Kier alpha value is -3.77. The highest BCUT2D eigenvalue weighted by Crippen LogP contribution is 2.34. The molecule has 0 N–H and O–H groups in total. The van der Waals surface area contributed by atoms with Crippen LogP contribution in [-0.2, 0) is 13.0 Å². The molecule has 0 spiro atoms. The molecular formula is C31H34N2O4. The van der Waals surface area contributed by atoms with Crippen LogP contribution in [0.5, 0.6) is 23.0 Å². The van der Waals surface area contributed by atoms with Gasteiger partial charge in [0.2, 0.25) is 0 Å². The first-order valence-electron chi connectivity index (χ1n) is 12.9. The first kappa shape index (κ1) is 24.9. The van der Waals surface area contributed by atoms with Crippen molar-refractivity contribution in [2.24, 2.45) is 0 Å². The number of benzene rings is 3. The molecule has 0 unspecified atom stereocenters. The number of ether oxygens (including phenoxy) is 4. The quantitative estimate of drug-likeness (QED) is 0.262. The fourth-order valence-corrected chi connectivity index (χ4v) is 4.77. The maximum Gasteiger partial charge on any atom is 0.161 e. The van der Waals surface area contributed by atoms with E-state index in [1.54, 1.807) is 14.2 Å². The smallest absolute Gasteiger partial charge is 0.161 e. The SMILES string of the molecule is CCCOc1ccc(-c2cc(OCCN3CCc4cc(OC)c(OC)cc4C3)c3ccccc3n2)cc1. The lowest BCUT2D eigenvalue weighted by atomic mass is 9.99. The van der Waals surface area contributed by atoms with Crippen molar-refractivity contribution < 1.29 is 18.9 Å². The summed E-state index contributed by atoms with van der Waals surface area (Å²) in [5.41, 5.74) is 5.46. The van der Waals surface area contributed by atoms with Crippen molar-refractivity contribution in [2.45, 2.75) is 26.3 Å². The summed E-state index contributed by atoms with van der Waals surface area (Å²) >= 11 is 0. The topological polar surface area (TPSA) is 53.1 Å². The Morgan fingerprint density at radius 3 is 2.32 bits per heavy atom. The highest BCUT2D eigenvalue weighted by Gasteiger charge is 2.19. The molecule has 1 aliphatic heterocycles. The van der Waals surface area contributed by atoms with Crippen LogP contribution >= 0.6 is 0 Å². The van der Waals surface area contributed by atoms with E-state index in [-0.39, 0.29) is 0 Å². The molecule has 4 aromatic rings. The van der Waals surface area contributed by atoms with Gasteiger partial charge in [0.15, 0.2) is 11.5 Å². The summed E-state index contributed by atoms with van der Waals surface area (Å²) in [6.45, 7) is 6.11. The minimum atomic E-state index is 0.597. The zero-order valence-corrected chi connectivity index (χ0v) is 21.8. The number of hydrogen-bond donors (Lipinski definition) is 0. The fraction of sp³-hybridized carbons (Fsp3) is 0.323. The van der Waals surface area contributed by atoms with Gasteiger partial charge in [-0.2, -0.15) is 0 Å². The molecule has 0 bridgehead atoms. The molecule has 1 aromatic heterocycles. The second kappa shape index (κ2) is 11.5. The van der Waals surface area contributed by atoms with Crippen molar-refractivity contribution in [1.29, 1.82) is 0 Å². The molecule has 2 heterocycles. The first-order chi connectivity index (χ1) is 18.2. The number of nitrogens with zero attached hydrogens (tertiary/aromatic N) is 2. The van der Waals surface area contributed by atoms with Crippen molar-refractivity contribution in [3.05, 3.63) is 77.9 Å². The summed E-state index contributed by atoms with van der Waals surface area (Å²) in [4.78, 5) is 7.32. The summed E-state index contributed by atoms with van der Waals surface area (Å²) in [5, 5.41) is 1.02. The van der Waals surface area contributed by atoms with Gasteiger partial charge in [-0.05, 0) is 72.5 Å². The van der Waals surface area contributed by atoms with Crippen LogP contribution in [0.3, 0.4) is 0 Å². The van der Waals surface area contributed by atoms with Gasteiger partial charge in [0.05, 0.1) is 32.0 Å². The van der Waals surface area contributed by atoms with Crippen molar-refractivity contribution in [1.82, 2.24) is 9.88 Å². The number of para-hydroxylation sites is 1. The van der Waals surface area contributed by atoms with Crippen LogP contribution in [0.15, 0.2) is 66.7 Å². The zero-order valence-electron chi connectivity index (χ0n) is 21.8. The Morgan fingerprint density at radius 2 is 1.57 bits per heavy atom. The predicted molar refractivity (Wildman–Crippen MR) is 147 cm³/mol. The Morgan fingerprint density at radius 1 is 0.811 bits per heavy atom. The molecule has 37 heavy (non-hydrogen) atoms. The van der Waals surface area contributed by atoms with Crippen LogP contribution < -0.4 is 18.9 Å². The lowest BCUT2D eigenvalue weighted by Crippen LogP contribution is -2.33. The second-order valence-electron chi connectivity index (χ2n) is 9.25. The molecule has 0 saturated carbocycles. The van der Waals surface area contributed by atoms with Gasteiger partial charge in [-0.1, -0.05) is 19.1 Å². The van der Waals surface area contributed by atoms with Gasteiger partial charge >= 0.3 is 0 Å². The van der Waals surface area contributed by atoms with E-state index in [1.807, 2.05) is 36.4 Å². The minimum Gasteiger partial charge on any atom is -0.494 e. The Balaban J connectivity index is 1.29. The second-order valence-corrected chi connectivity index (χ2v) is 9.25. The van der Waals surface area contributed by atoms with Gasteiger partial charge in [-0.25, -0.2) is 4.98 Å². The van der Waals surface area contributed by atoms with Crippen molar-refractivity contribution >= 4 is 10.9 Å². The third kappa shape index (κ3) is 5.65. The van der Waals surface area contributed by atoms with E-state index < -0.39 is 0 Å². The van der Waals surface area contributed by atoms with Crippen molar-refractivity contribution in [2.75, 3.05) is 40.5 Å². The average molecular weight is 499 g/mol. The van der Waals surface area contributed by atoms with Crippen molar-refractivity contribution in [3.63, 3.8) is 0 Å². The number of aromatic nitrogens is 1. The van der Waals surface area contributed by atoms with E-state index in [2.05, 4.69) is 42.2 Å². The summed E-state index contributed by atoms with van der Waals surface area (Å²) in [6.07, 6.45) is 1.97. The van der Waals surface area contributed by atoms with Crippen molar-refractivity contribution in [3.8, 4) is 34.3 Å². The molecule has 0 saturated heterocycles. The molecule has 6 heteroatoms. The van der Waals surface area contributed by atoms with Gasteiger partial charge in [0, 0.05) is 36.7 Å². The maximum absolute atomic E-state index is 6.38. The van der Waals surface area contributed by atoms with Crippen LogP contribution in [0.4, 0.5) is 0 Å². The van der Waals surface area contributed by atoms with E-state index in [4.69, 9.17) is 23.9 Å². The summed E-state index contributed by atoms with van der Waals surface area (Å²) in [6, 6.07) is 22.5. The highest BCUT2D eigenvalue weighted by atomic mass is 16.5. The fourth-order valence-electron chi connectivity index (χ4n) is 4.77. The van der Waals surface area contributed by atoms with E-state index in [0.29, 0.717) is 6.61 Å². The lowest BCUT2D eigenvalue weighted by Gasteiger charge is -2.29. The minimum absolute atomic E-state index is 0.597. The third-order valence-corrected chi connectivity index (χ3v) is 6.76. The average Bonchev–Trinajstić information content (AvgIpc) is 2.95. The van der Waals surface area contributed by atoms with Gasteiger partial charge < -0.3 is 18.9 Å². The number of hydrogen-bond acceptors (Lipinski definition) is 6. The molecule has 0 aliphatic carbocycles. The van der Waals surface area contributed by atoms with E-state index in [9.17, 15) is 0 Å². The maximum atomic E-state index is 6.38. The summed E-state index contributed by atoms with van der Waals surface area (Å²) in [5.74, 6) is 3.30. The van der Waals surface area contributed by atoms with E-state index in [0.717, 1.165) is 84.2 Å². The normalized spacial score (nSPS) is 13.3.